The summed E-state index contributed by atoms with van der Waals surface area (Å²) >= 11 is 1.54. The average Bonchev–Trinajstić information content (AvgIpc) is 3.15. The first-order valence-corrected chi connectivity index (χ1v) is 8.33. The minimum Gasteiger partial charge on any atom is -0.343 e. The molecule has 1 aromatic heterocycles. The van der Waals surface area contributed by atoms with Crippen molar-refractivity contribution in [3.63, 3.8) is 0 Å². The molecule has 0 aliphatic carbocycles. The monoisotopic (exact) mass is 355 g/mol. The fourth-order valence-electron chi connectivity index (χ4n) is 2.13. The van der Waals surface area contributed by atoms with Crippen LogP contribution in [0, 0.1) is 5.82 Å². The summed E-state index contributed by atoms with van der Waals surface area (Å²) in [5.74, 6) is -1.21. The third kappa shape index (κ3) is 4.48. The minimum absolute atomic E-state index is 0.176. The predicted octanol–water partition coefficient (Wildman–Crippen LogP) is 3.32. The van der Waals surface area contributed by atoms with Gasteiger partial charge in [0.05, 0.1) is 6.54 Å². The van der Waals surface area contributed by atoms with Crippen LogP contribution in [-0.4, -0.2) is 23.3 Å². The lowest BCUT2D eigenvalue weighted by molar-refractivity contribution is -0.115. The first-order chi connectivity index (χ1) is 12.1. The second-order valence-electron chi connectivity index (χ2n) is 5.15. The van der Waals surface area contributed by atoms with E-state index in [1.54, 1.807) is 18.3 Å². The highest BCUT2D eigenvalue weighted by atomic mass is 32.1. The van der Waals surface area contributed by atoms with Crippen LogP contribution in [0.25, 0.3) is 10.6 Å². The van der Waals surface area contributed by atoms with E-state index in [1.807, 2.05) is 17.5 Å². The van der Waals surface area contributed by atoms with Crippen molar-refractivity contribution < 1.29 is 14.0 Å². The number of anilines is 1. The fourth-order valence-corrected chi connectivity index (χ4v) is 2.78. The molecule has 0 unspecified atom stereocenters. The van der Waals surface area contributed by atoms with Crippen LogP contribution >= 0.6 is 11.3 Å². The van der Waals surface area contributed by atoms with Gasteiger partial charge in [0.1, 0.15) is 10.8 Å². The SMILES string of the molecule is O=C(CNC(=O)c1ccc(F)cc1)Nc1ccc(-c2nccs2)cc1. The zero-order valence-corrected chi connectivity index (χ0v) is 13.8. The van der Waals surface area contributed by atoms with E-state index < -0.39 is 11.7 Å². The Bertz CT molecular complexity index is 862. The number of amides is 2. The van der Waals surface area contributed by atoms with Crippen LogP contribution in [0.2, 0.25) is 0 Å². The van der Waals surface area contributed by atoms with Gasteiger partial charge in [0.2, 0.25) is 5.91 Å². The number of halogens is 1. The molecule has 0 fully saturated rings. The summed E-state index contributed by atoms with van der Waals surface area (Å²) in [5.41, 5.74) is 1.89. The fraction of sp³-hybridized carbons (Fsp3) is 0.0556. The predicted molar refractivity (Wildman–Crippen MR) is 94.9 cm³/mol. The molecule has 2 N–H and O–H groups in total. The highest BCUT2D eigenvalue weighted by Gasteiger charge is 2.09. The van der Waals surface area contributed by atoms with Gasteiger partial charge in [-0.2, -0.15) is 0 Å². The Kier molecular flexibility index (Phi) is 5.15. The molecule has 0 bridgehead atoms. The molecule has 0 aliphatic heterocycles. The van der Waals surface area contributed by atoms with E-state index in [2.05, 4.69) is 15.6 Å². The molecule has 2 aromatic carbocycles. The number of carbonyl (C=O) groups is 2. The number of benzene rings is 2. The Morgan fingerprint density at radius 1 is 1.04 bits per heavy atom. The van der Waals surface area contributed by atoms with Crippen LogP contribution in [0.5, 0.6) is 0 Å². The van der Waals surface area contributed by atoms with Crippen LogP contribution in [0.4, 0.5) is 10.1 Å². The summed E-state index contributed by atoms with van der Waals surface area (Å²) in [5, 5.41) is 7.99. The van der Waals surface area contributed by atoms with Crippen molar-refractivity contribution in [2.75, 3.05) is 11.9 Å². The molecular weight excluding hydrogens is 341 g/mol. The number of carbonyl (C=O) groups excluding carboxylic acids is 2. The number of rotatable bonds is 5. The second kappa shape index (κ2) is 7.67. The summed E-state index contributed by atoms with van der Waals surface area (Å²) in [6.07, 6.45) is 1.74. The molecule has 0 aliphatic rings. The van der Waals surface area contributed by atoms with Gasteiger partial charge in [0, 0.05) is 28.4 Å². The molecule has 0 radical (unpaired) electrons. The number of hydrogen-bond acceptors (Lipinski definition) is 4. The van der Waals surface area contributed by atoms with Crippen molar-refractivity contribution in [2.24, 2.45) is 0 Å². The lowest BCUT2D eigenvalue weighted by atomic mass is 10.2. The van der Waals surface area contributed by atoms with Gasteiger partial charge in [-0.25, -0.2) is 9.37 Å². The molecule has 5 nitrogen and oxygen atoms in total. The molecule has 126 valence electrons. The zero-order valence-electron chi connectivity index (χ0n) is 13.0. The molecule has 0 saturated carbocycles. The summed E-state index contributed by atoms with van der Waals surface area (Å²) < 4.78 is 12.8. The maximum absolute atomic E-state index is 12.8. The van der Waals surface area contributed by atoms with E-state index in [0.29, 0.717) is 11.3 Å². The molecule has 0 spiro atoms. The Hall–Kier alpha value is -3.06. The van der Waals surface area contributed by atoms with E-state index in [0.717, 1.165) is 10.6 Å². The normalized spacial score (nSPS) is 10.3. The van der Waals surface area contributed by atoms with Crippen LogP contribution in [-0.2, 0) is 4.79 Å². The molecular formula is C18H14FN3O2S. The third-order valence-electron chi connectivity index (χ3n) is 3.36. The van der Waals surface area contributed by atoms with E-state index in [-0.39, 0.29) is 12.5 Å². The van der Waals surface area contributed by atoms with Gasteiger partial charge in [0.25, 0.3) is 5.91 Å². The Morgan fingerprint density at radius 2 is 1.76 bits per heavy atom. The second-order valence-corrected chi connectivity index (χ2v) is 6.05. The summed E-state index contributed by atoms with van der Waals surface area (Å²) in [6.45, 7) is -0.176. The number of nitrogens with zero attached hydrogens (tertiary/aromatic N) is 1. The average molecular weight is 355 g/mol. The standard InChI is InChI=1S/C18H14FN3O2S/c19-14-5-1-12(2-6-14)17(24)21-11-16(23)22-15-7-3-13(4-8-15)18-20-9-10-25-18/h1-10H,11H2,(H,21,24)(H,22,23). The largest absolute Gasteiger partial charge is 0.343 e. The van der Waals surface area contributed by atoms with Gasteiger partial charge >= 0.3 is 0 Å². The summed E-state index contributed by atoms with van der Waals surface area (Å²) in [6, 6.07) is 12.4. The lowest BCUT2D eigenvalue weighted by Gasteiger charge is -2.07. The summed E-state index contributed by atoms with van der Waals surface area (Å²) in [4.78, 5) is 28.0. The summed E-state index contributed by atoms with van der Waals surface area (Å²) in [7, 11) is 0. The number of hydrogen-bond donors (Lipinski definition) is 2. The van der Waals surface area contributed by atoms with Crippen molar-refractivity contribution in [2.45, 2.75) is 0 Å². The number of aromatic nitrogens is 1. The third-order valence-corrected chi connectivity index (χ3v) is 4.19. The van der Waals surface area contributed by atoms with Gasteiger partial charge in [0.15, 0.2) is 0 Å². The van der Waals surface area contributed by atoms with E-state index >= 15 is 0 Å². The van der Waals surface area contributed by atoms with Crippen LogP contribution in [0.15, 0.2) is 60.1 Å². The topological polar surface area (TPSA) is 71.1 Å². The van der Waals surface area contributed by atoms with Gasteiger partial charge < -0.3 is 10.6 Å². The van der Waals surface area contributed by atoms with Crippen molar-refractivity contribution in [3.8, 4) is 10.6 Å². The van der Waals surface area contributed by atoms with Gasteiger partial charge in [-0.05, 0) is 48.5 Å². The van der Waals surface area contributed by atoms with Gasteiger partial charge in [-0.1, -0.05) is 0 Å². The number of nitrogens with one attached hydrogen (secondary N) is 2. The van der Waals surface area contributed by atoms with Crippen LogP contribution in [0.1, 0.15) is 10.4 Å². The zero-order chi connectivity index (χ0) is 17.6. The lowest BCUT2D eigenvalue weighted by Crippen LogP contribution is -2.32. The molecule has 1 heterocycles. The molecule has 0 atom stereocenters. The van der Waals surface area contributed by atoms with Gasteiger partial charge in [-0.3, -0.25) is 9.59 Å². The maximum Gasteiger partial charge on any atom is 0.251 e. The van der Waals surface area contributed by atoms with Crippen LogP contribution < -0.4 is 10.6 Å². The highest BCUT2D eigenvalue weighted by molar-refractivity contribution is 7.13. The quantitative estimate of drug-likeness (QED) is 0.738. The molecule has 0 saturated heterocycles. The van der Waals surface area contributed by atoms with Crippen molar-refractivity contribution in [1.29, 1.82) is 0 Å². The molecule has 3 rings (SSSR count). The molecule has 25 heavy (non-hydrogen) atoms. The Morgan fingerprint density at radius 3 is 2.40 bits per heavy atom. The van der Waals surface area contributed by atoms with Crippen LogP contribution in [0.3, 0.4) is 0 Å². The van der Waals surface area contributed by atoms with E-state index in [4.69, 9.17) is 0 Å². The van der Waals surface area contributed by atoms with Crippen molar-refractivity contribution in [3.05, 3.63) is 71.5 Å². The van der Waals surface area contributed by atoms with Crippen molar-refractivity contribution >= 4 is 28.8 Å². The van der Waals surface area contributed by atoms with E-state index in [1.165, 1.54) is 35.6 Å². The Labute approximate surface area is 147 Å². The molecule has 7 heteroatoms. The molecule has 3 aromatic rings. The number of thiazole rings is 1. The molecule has 2 amide bonds. The first kappa shape index (κ1) is 16.8. The smallest absolute Gasteiger partial charge is 0.251 e. The van der Waals surface area contributed by atoms with Crippen molar-refractivity contribution in [1.82, 2.24) is 10.3 Å². The highest BCUT2D eigenvalue weighted by Crippen LogP contribution is 2.23. The minimum atomic E-state index is -0.436. The van der Waals surface area contributed by atoms with E-state index in [9.17, 15) is 14.0 Å². The first-order valence-electron chi connectivity index (χ1n) is 7.45. The Balaban J connectivity index is 1.52. The van der Waals surface area contributed by atoms with Gasteiger partial charge in [-0.15, -0.1) is 11.3 Å². The maximum atomic E-state index is 12.8.